The van der Waals surface area contributed by atoms with Crippen LogP contribution < -0.4 is 0 Å². The summed E-state index contributed by atoms with van der Waals surface area (Å²) in [6, 6.07) is 13.1. The van der Waals surface area contributed by atoms with Gasteiger partial charge >= 0.3 is 0 Å². The van der Waals surface area contributed by atoms with Crippen LogP contribution in [0.4, 0.5) is 0 Å². The first-order chi connectivity index (χ1) is 15.0. The SMILES string of the molecule is C=C/C(=C\C=C(/C)c1cc(CC2CCCC2)cnc1-c1ccc(CC)cc1)C(=C)C#N. The summed E-state index contributed by atoms with van der Waals surface area (Å²) >= 11 is 0. The molecule has 2 heteroatoms. The highest BCUT2D eigenvalue weighted by molar-refractivity contribution is 5.79. The maximum Gasteiger partial charge on any atom is 0.0991 e. The van der Waals surface area contributed by atoms with Crippen LogP contribution in [0, 0.1) is 17.2 Å². The zero-order valence-electron chi connectivity index (χ0n) is 18.8. The normalized spacial score (nSPS) is 15.0. The van der Waals surface area contributed by atoms with Gasteiger partial charge in [-0.3, -0.25) is 4.98 Å². The van der Waals surface area contributed by atoms with Crippen molar-refractivity contribution in [1.29, 1.82) is 5.26 Å². The minimum atomic E-state index is 0.419. The molecule has 0 atom stereocenters. The van der Waals surface area contributed by atoms with E-state index in [1.54, 1.807) is 6.08 Å². The van der Waals surface area contributed by atoms with Gasteiger partial charge in [0.2, 0.25) is 0 Å². The number of benzene rings is 1. The summed E-state index contributed by atoms with van der Waals surface area (Å²) in [7, 11) is 0. The maximum absolute atomic E-state index is 9.16. The van der Waals surface area contributed by atoms with Gasteiger partial charge in [0.1, 0.15) is 0 Å². The lowest BCUT2D eigenvalue weighted by Gasteiger charge is -2.14. The Labute approximate surface area is 187 Å². The van der Waals surface area contributed by atoms with E-state index in [-0.39, 0.29) is 0 Å². The van der Waals surface area contributed by atoms with Crippen LogP contribution in [0.3, 0.4) is 0 Å². The monoisotopic (exact) mass is 408 g/mol. The Morgan fingerprint density at radius 2 is 1.87 bits per heavy atom. The second-order valence-electron chi connectivity index (χ2n) is 8.41. The first-order valence-corrected chi connectivity index (χ1v) is 11.2. The van der Waals surface area contributed by atoms with Crippen molar-refractivity contribution in [1.82, 2.24) is 4.98 Å². The van der Waals surface area contributed by atoms with Crippen LogP contribution in [0.25, 0.3) is 16.8 Å². The van der Waals surface area contributed by atoms with Gasteiger partial charge in [0, 0.05) is 17.3 Å². The Balaban J connectivity index is 2.02. The number of pyridine rings is 1. The molecule has 1 heterocycles. The number of allylic oxidation sites excluding steroid dienone is 6. The van der Waals surface area contributed by atoms with Gasteiger partial charge in [-0.2, -0.15) is 5.26 Å². The van der Waals surface area contributed by atoms with Crippen molar-refractivity contribution < 1.29 is 0 Å². The summed E-state index contributed by atoms with van der Waals surface area (Å²) in [6.07, 6.45) is 15.2. The van der Waals surface area contributed by atoms with Crippen molar-refractivity contribution in [2.75, 3.05) is 0 Å². The van der Waals surface area contributed by atoms with E-state index in [9.17, 15) is 0 Å². The first kappa shape index (κ1) is 22.5. The third-order valence-corrected chi connectivity index (χ3v) is 6.22. The highest BCUT2D eigenvalue weighted by Gasteiger charge is 2.17. The van der Waals surface area contributed by atoms with Gasteiger partial charge in [0.25, 0.3) is 0 Å². The Morgan fingerprint density at radius 1 is 1.16 bits per heavy atom. The minimum absolute atomic E-state index is 0.419. The maximum atomic E-state index is 9.16. The molecule has 0 spiro atoms. The smallest absolute Gasteiger partial charge is 0.0991 e. The van der Waals surface area contributed by atoms with Crippen molar-refractivity contribution in [2.45, 2.75) is 52.4 Å². The Bertz CT molecular complexity index is 1040. The summed E-state index contributed by atoms with van der Waals surface area (Å²) in [5, 5.41) is 9.16. The Morgan fingerprint density at radius 3 is 2.48 bits per heavy atom. The number of nitriles is 1. The van der Waals surface area contributed by atoms with Crippen LogP contribution in [0.2, 0.25) is 0 Å². The molecule has 1 aromatic carbocycles. The van der Waals surface area contributed by atoms with Crippen LogP contribution in [0.15, 0.2) is 79.1 Å². The summed E-state index contributed by atoms with van der Waals surface area (Å²) in [5.41, 5.74) is 8.17. The number of aromatic nitrogens is 1. The molecule has 1 aliphatic rings. The fraction of sp³-hybridized carbons (Fsp3) is 0.310. The quantitative estimate of drug-likeness (QED) is 0.332. The molecular formula is C29H32N2. The number of hydrogen-bond donors (Lipinski definition) is 0. The number of hydrogen-bond acceptors (Lipinski definition) is 2. The van der Waals surface area contributed by atoms with Gasteiger partial charge in [-0.05, 0) is 54.0 Å². The lowest BCUT2D eigenvalue weighted by atomic mass is 9.93. The number of aryl methyl sites for hydroxylation is 1. The molecule has 2 nitrogen and oxygen atoms in total. The van der Waals surface area contributed by atoms with Crippen LogP contribution in [-0.2, 0) is 12.8 Å². The number of nitrogens with zero attached hydrogens (tertiary/aromatic N) is 2. The highest BCUT2D eigenvalue weighted by Crippen LogP contribution is 2.32. The van der Waals surface area contributed by atoms with Crippen LogP contribution in [0.5, 0.6) is 0 Å². The summed E-state index contributed by atoms with van der Waals surface area (Å²) in [6.45, 7) is 11.9. The summed E-state index contributed by atoms with van der Waals surface area (Å²) in [4.78, 5) is 4.91. The average Bonchev–Trinajstić information content (AvgIpc) is 3.32. The topological polar surface area (TPSA) is 36.7 Å². The van der Waals surface area contributed by atoms with Crippen LogP contribution in [0.1, 0.15) is 56.2 Å². The second-order valence-corrected chi connectivity index (χ2v) is 8.41. The highest BCUT2D eigenvalue weighted by atomic mass is 14.7. The molecule has 0 radical (unpaired) electrons. The zero-order valence-corrected chi connectivity index (χ0v) is 18.8. The lowest BCUT2D eigenvalue weighted by molar-refractivity contribution is 0.545. The van der Waals surface area contributed by atoms with Gasteiger partial charge in [-0.25, -0.2) is 0 Å². The lowest BCUT2D eigenvalue weighted by Crippen LogP contribution is -2.02. The molecule has 31 heavy (non-hydrogen) atoms. The largest absolute Gasteiger partial charge is 0.255 e. The molecule has 1 aliphatic carbocycles. The van der Waals surface area contributed by atoms with Gasteiger partial charge in [-0.1, -0.05) is 88.3 Å². The Kier molecular flexibility index (Phi) is 7.79. The number of rotatable bonds is 8. The molecule has 0 unspecified atom stereocenters. The molecule has 0 saturated heterocycles. The van der Waals surface area contributed by atoms with Crippen molar-refractivity contribution in [3.05, 3.63) is 95.8 Å². The Hall–Kier alpha value is -3.18. The average molecular weight is 409 g/mol. The molecule has 3 rings (SSSR count). The van der Waals surface area contributed by atoms with E-state index in [1.165, 1.54) is 36.8 Å². The van der Waals surface area contributed by atoms with Gasteiger partial charge in [0.05, 0.1) is 17.3 Å². The van der Waals surface area contributed by atoms with E-state index < -0.39 is 0 Å². The fourth-order valence-electron chi connectivity index (χ4n) is 4.26. The van der Waals surface area contributed by atoms with Gasteiger partial charge in [0.15, 0.2) is 0 Å². The molecule has 0 aliphatic heterocycles. The van der Waals surface area contributed by atoms with E-state index in [2.05, 4.69) is 69.6 Å². The van der Waals surface area contributed by atoms with Gasteiger partial charge in [-0.15, -0.1) is 0 Å². The molecule has 1 fully saturated rings. The predicted molar refractivity (Wildman–Crippen MR) is 131 cm³/mol. The molecule has 0 bridgehead atoms. The van der Waals surface area contributed by atoms with E-state index in [4.69, 9.17) is 10.2 Å². The first-order valence-electron chi connectivity index (χ1n) is 11.2. The summed E-state index contributed by atoms with van der Waals surface area (Å²) < 4.78 is 0. The van der Waals surface area contributed by atoms with E-state index in [0.717, 1.165) is 46.7 Å². The van der Waals surface area contributed by atoms with Crippen LogP contribution >= 0.6 is 0 Å². The van der Waals surface area contributed by atoms with E-state index in [1.807, 2.05) is 12.2 Å². The minimum Gasteiger partial charge on any atom is -0.255 e. The van der Waals surface area contributed by atoms with Gasteiger partial charge < -0.3 is 0 Å². The molecule has 1 saturated carbocycles. The third kappa shape index (κ3) is 5.70. The second kappa shape index (κ2) is 10.7. The third-order valence-electron chi connectivity index (χ3n) is 6.22. The van der Waals surface area contributed by atoms with Crippen molar-refractivity contribution in [2.24, 2.45) is 5.92 Å². The van der Waals surface area contributed by atoms with Crippen molar-refractivity contribution >= 4 is 5.57 Å². The molecule has 0 N–H and O–H groups in total. The predicted octanol–water partition coefficient (Wildman–Crippen LogP) is 7.64. The van der Waals surface area contributed by atoms with E-state index >= 15 is 0 Å². The van der Waals surface area contributed by atoms with Crippen molar-refractivity contribution in [3.8, 4) is 17.3 Å². The van der Waals surface area contributed by atoms with Crippen molar-refractivity contribution in [3.63, 3.8) is 0 Å². The molecule has 2 aromatic rings. The van der Waals surface area contributed by atoms with Crippen LogP contribution in [-0.4, -0.2) is 4.98 Å². The standard InChI is InChI=1S/C29H32N2/c1-5-23-12-15-27(16-13-23)29-28(21(3)11-14-26(6-2)22(4)19-30)18-25(20-31-29)17-24-9-7-8-10-24/h6,11-16,18,20,24H,2,4-5,7-10,17H2,1,3H3/b21-11+,26-14+. The zero-order chi connectivity index (χ0) is 22.2. The fourth-order valence-corrected chi connectivity index (χ4v) is 4.26. The molecular weight excluding hydrogens is 376 g/mol. The molecule has 0 amide bonds. The summed E-state index contributed by atoms with van der Waals surface area (Å²) in [5.74, 6) is 0.778. The molecule has 1 aromatic heterocycles. The molecule has 158 valence electrons. The van der Waals surface area contributed by atoms with E-state index in [0.29, 0.717) is 5.57 Å².